The fourth-order valence-corrected chi connectivity index (χ4v) is 3.69. The molecule has 4 atom stereocenters. The highest BCUT2D eigenvalue weighted by atomic mass is 16.5. The summed E-state index contributed by atoms with van der Waals surface area (Å²) in [4.78, 5) is 11.8. The van der Waals surface area contributed by atoms with Crippen molar-refractivity contribution in [3.8, 4) is 0 Å². The fourth-order valence-electron chi connectivity index (χ4n) is 3.69. The summed E-state index contributed by atoms with van der Waals surface area (Å²) < 4.78 is 4.93. The Kier molecular flexibility index (Phi) is 5.01. The monoisotopic (exact) mass is 254 g/mol. The second-order valence-corrected chi connectivity index (χ2v) is 5.86. The average Bonchev–Trinajstić information content (AvgIpc) is 2.96. The molecular weight excluding hydrogens is 228 g/mol. The lowest BCUT2D eigenvalue weighted by Gasteiger charge is -2.28. The van der Waals surface area contributed by atoms with Crippen LogP contribution in [0.4, 0.5) is 0 Å². The van der Waals surface area contributed by atoms with E-state index in [-0.39, 0.29) is 5.91 Å². The van der Waals surface area contributed by atoms with Crippen LogP contribution in [0.1, 0.15) is 32.6 Å². The zero-order chi connectivity index (χ0) is 13.0. The van der Waals surface area contributed by atoms with E-state index in [1.165, 1.54) is 25.7 Å². The van der Waals surface area contributed by atoms with Crippen LogP contribution >= 0.6 is 0 Å². The number of methoxy groups -OCH3 is 1. The molecule has 2 aliphatic rings. The van der Waals surface area contributed by atoms with Gasteiger partial charge in [0.25, 0.3) is 0 Å². The van der Waals surface area contributed by atoms with Gasteiger partial charge >= 0.3 is 0 Å². The fraction of sp³-hybridized carbons (Fsp3) is 0.929. The molecule has 0 heterocycles. The predicted octanol–water partition coefficient (Wildman–Crippen LogP) is 1.16. The molecule has 2 aliphatic carbocycles. The van der Waals surface area contributed by atoms with Gasteiger partial charge in [-0.3, -0.25) is 4.79 Å². The molecule has 2 fully saturated rings. The van der Waals surface area contributed by atoms with E-state index in [1.54, 1.807) is 7.11 Å². The van der Waals surface area contributed by atoms with Crippen LogP contribution in [-0.4, -0.2) is 38.8 Å². The van der Waals surface area contributed by atoms with Gasteiger partial charge in [0, 0.05) is 19.7 Å². The van der Waals surface area contributed by atoms with Crippen LogP contribution in [0.25, 0.3) is 0 Å². The van der Waals surface area contributed by atoms with Crippen molar-refractivity contribution < 1.29 is 9.53 Å². The Bertz CT molecular complexity index is 283. The maximum Gasteiger partial charge on any atom is 0.234 e. The van der Waals surface area contributed by atoms with Crippen LogP contribution in [0.3, 0.4) is 0 Å². The smallest absolute Gasteiger partial charge is 0.234 e. The number of carbonyl (C=O) groups excluding carboxylic acids is 1. The second-order valence-electron chi connectivity index (χ2n) is 5.86. The molecule has 4 heteroatoms. The van der Waals surface area contributed by atoms with E-state index >= 15 is 0 Å². The number of amides is 1. The number of hydrogen-bond donors (Lipinski definition) is 2. The third-order valence-electron chi connectivity index (χ3n) is 4.59. The Morgan fingerprint density at radius 3 is 2.83 bits per heavy atom. The van der Waals surface area contributed by atoms with Gasteiger partial charge in [-0.15, -0.1) is 0 Å². The number of rotatable bonds is 7. The maximum absolute atomic E-state index is 11.8. The van der Waals surface area contributed by atoms with Crippen molar-refractivity contribution in [3.63, 3.8) is 0 Å². The Morgan fingerprint density at radius 2 is 2.22 bits per heavy atom. The first-order valence-electron chi connectivity index (χ1n) is 7.19. The molecule has 0 aliphatic heterocycles. The van der Waals surface area contributed by atoms with Crippen LogP contribution in [0, 0.1) is 17.8 Å². The molecule has 4 unspecified atom stereocenters. The van der Waals surface area contributed by atoms with Crippen molar-refractivity contribution in [2.75, 3.05) is 26.8 Å². The Morgan fingerprint density at radius 1 is 1.39 bits per heavy atom. The first kappa shape index (κ1) is 13.8. The van der Waals surface area contributed by atoms with Gasteiger partial charge < -0.3 is 15.4 Å². The zero-order valence-electron chi connectivity index (χ0n) is 11.6. The first-order chi connectivity index (χ1) is 8.70. The quantitative estimate of drug-likeness (QED) is 0.670. The van der Waals surface area contributed by atoms with E-state index in [0.717, 1.165) is 18.4 Å². The summed E-state index contributed by atoms with van der Waals surface area (Å²) in [7, 11) is 1.67. The van der Waals surface area contributed by atoms with Crippen LogP contribution in [0.15, 0.2) is 0 Å². The van der Waals surface area contributed by atoms with Crippen molar-refractivity contribution in [1.82, 2.24) is 10.6 Å². The molecule has 0 radical (unpaired) electrons. The third-order valence-corrected chi connectivity index (χ3v) is 4.59. The summed E-state index contributed by atoms with van der Waals surface area (Å²) in [5, 5.41) is 6.22. The molecule has 2 N–H and O–H groups in total. The van der Waals surface area contributed by atoms with Crippen LogP contribution < -0.4 is 10.6 Å². The molecule has 104 valence electrons. The van der Waals surface area contributed by atoms with Crippen molar-refractivity contribution in [2.45, 2.75) is 38.6 Å². The van der Waals surface area contributed by atoms with Crippen LogP contribution in [0.5, 0.6) is 0 Å². The maximum atomic E-state index is 11.8. The number of fused-ring (bicyclic) bond motifs is 2. The lowest BCUT2D eigenvalue weighted by molar-refractivity contribution is -0.121. The molecule has 0 aromatic rings. The predicted molar refractivity (Wildman–Crippen MR) is 71.3 cm³/mol. The highest BCUT2D eigenvalue weighted by Gasteiger charge is 2.41. The standard InChI is InChI=1S/C14H26N2O2/c1-10(13-8-11-3-4-12(13)7-11)16-14(17)9-15-5-6-18-2/h10-13,15H,3-9H2,1-2H3,(H,16,17). The molecule has 18 heavy (non-hydrogen) atoms. The van der Waals surface area contributed by atoms with Gasteiger partial charge in [-0.2, -0.15) is 0 Å². The first-order valence-corrected chi connectivity index (χ1v) is 7.19. The third kappa shape index (κ3) is 3.45. The van der Waals surface area contributed by atoms with Gasteiger partial charge in [0.05, 0.1) is 13.2 Å². The minimum Gasteiger partial charge on any atom is -0.383 e. The molecule has 4 nitrogen and oxygen atoms in total. The van der Waals surface area contributed by atoms with Gasteiger partial charge in [0.15, 0.2) is 0 Å². The van der Waals surface area contributed by atoms with E-state index in [1.807, 2.05) is 0 Å². The highest BCUT2D eigenvalue weighted by Crippen LogP contribution is 2.49. The largest absolute Gasteiger partial charge is 0.383 e. The van der Waals surface area contributed by atoms with Crippen LogP contribution in [0.2, 0.25) is 0 Å². The number of hydrogen-bond acceptors (Lipinski definition) is 3. The molecule has 2 saturated carbocycles. The topological polar surface area (TPSA) is 50.4 Å². The van der Waals surface area contributed by atoms with Gasteiger partial charge in [0.2, 0.25) is 5.91 Å². The number of nitrogens with one attached hydrogen (secondary N) is 2. The minimum absolute atomic E-state index is 0.112. The Balaban J connectivity index is 1.64. The lowest BCUT2D eigenvalue weighted by atomic mass is 9.84. The molecule has 0 aromatic carbocycles. The summed E-state index contributed by atoms with van der Waals surface area (Å²) in [5.41, 5.74) is 0. The van der Waals surface area contributed by atoms with E-state index in [9.17, 15) is 4.79 Å². The van der Waals surface area contributed by atoms with Crippen molar-refractivity contribution in [2.24, 2.45) is 17.8 Å². The molecular formula is C14H26N2O2. The van der Waals surface area contributed by atoms with E-state index in [2.05, 4.69) is 17.6 Å². The van der Waals surface area contributed by atoms with Gasteiger partial charge in [-0.25, -0.2) is 0 Å². The van der Waals surface area contributed by atoms with E-state index in [0.29, 0.717) is 25.1 Å². The van der Waals surface area contributed by atoms with Gasteiger partial charge in [-0.05, 0) is 43.9 Å². The number of carbonyl (C=O) groups is 1. The number of ether oxygens (including phenoxy) is 1. The SMILES string of the molecule is COCCNCC(=O)NC(C)C1CC2CCC1C2. The molecule has 0 aromatic heterocycles. The Labute approximate surface area is 110 Å². The van der Waals surface area contributed by atoms with Gasteiger partial charge in [-0.1, -0.05) is 6.42 Å². The highest BCUT2D eigenvalue weighted by molar-refractivity contribution is 5.78. The molecule has 0 saturated heterocycles. The average molecular weight is 254 g/mol. The lowest BCUT2D eigenvalue weighted by Crippen LogP contribution is -2.44. The van der Waals surface area contributed by atoms with Crippen LogP contribution in [-0.2, 0) is 9.53 Å². The summed E-state index contributed by atoms with van der Waals surface area (Å²) in [5.74, 6) is 2.64. The molecule has 1 amide bonds. The molecule has 2 rings (SSSR count). The van der Waals surface area contributed by atoms with Crippen molar-refractivity contribution in [3.05, 3.63) is 0 Å². The van der Waals surface area contributed by atoms with Crippen molar-refractivity contribution in [1.29, 1.82) is 0 Å². The molecule has 2 bridgehead atoms. The molecule has 0 spiro atoms. The van der Waals surface area contributed by atoms with Crippen molar-refractivity contribution >= 4 is 5.91 Å². The second kappa shape index (κ2) is 6.53. The summed E-state index contributed by atoms with van der Waals surface area (Å²) >= 11 is 0. The van der Waals surface area contributed by atoms with E-state index in [4.69, 9.17) is 4.74 Å². The minimum atomic E-state index is 0.112. The van der Waals surface area contributed by atoms with Gasteiger partial charge in [0.1, 0.15) is 0 Å². The van der Waals surface area contributed by atoms with E-state index < -0.39 is 0 Å². The summed E-state index contributed by atoms with van der Waals surface area (Å²) in [6.45, 7) is 3.94. The normalized spacial score (nSPS) is 31.6. The summed E-state index contributed by atoms with van der Waals surface area (Å²) in [6, 6.07) is 0.331. The summed E-state index contributed by atoms with van der Waals surface area (Å²) in [6.07, 6.45) is 5.52. The zero-order valence-corrected chi connectivity index (χ0v) is 11.6. The Hall–Kier alpha value is -0.610.